The molecule has 0 saturated carbocycles. The van der Waals surface area contributed by atoms with Gasteiger partial charge in [-0.05, 0) is 13.3 Å². The molecule has 6 heteroatoms. The van der Waals surface area contributed by atoms with Gasteiger partial charge in [0.25, 0.3) is 7.94 Å². The fourth-order valence-corrected chi connectivity index (χ4v) is 3.98. The Kier molecular flexibility index (Phi) is 6.59. The number of rotatable bonds is 6. The van der Waals surface area contributed by atoms with Crippen molar-refractivity contribution in [2.24, 2.45) is 5.41 Å². The van der Waals surface area contributed by atoms with Crippen LogP contribution in [0.2, 0.25) is 0 Å². The van der Waals surface area contributed by atoms with Crippen LogP contribution in [0.3, 0.4) is 0 Å². The van der Waals surface area contributed by atoms with Crippen molar-refractivity contribution in [3.63, 3.8) is 0 Å². The van der Waals surface area contributed by atoms with Crippen LogP contribution in [0.4, 0.5) is 0 Å². The SMILES string of the molecule is CC/C=C/CC(C(=O)OCC)[P+]1([O-])OCC(C)(C)CO1. The van der Waals surface area contributed by atoms with Gasteiger partial charge in [0.1, 0.15) is 13.2 Å². The highest BCUT2D eigenvalue weighted by atomic mass is 31.2. The Morgan fingerprint density at radius 2 is 1.95 bits per heavy atom. The monoisotopic (exact) mass is 304 g/mol. The van der Waals surface area contributed by atoms with E-state index in [1.54, 1.807) is 6.92 Å². The first-order valence-corrected chi connectivity index (χ1v) is 8.66. The number of hydrogen-bond donors (Lipinski definition) is 0. The smallest absolute Gasteiger partial charge is 0.352 e. The van der Waals surface area contributed by atoms with Gasteiger partial charge in [-0.25, -0.2) is 13.8 Å². The fourth-order valence-electron chi connectivity index (χ4n) is 1.77. The molecule has 0 bridgehead atoms. The van der Waals surface area contributed by atoms with Gasteiger partial charge in [0.05, 0.1) is 6.61 Å². The van der Waals surface area contributed by atoms with Gasteiger partial charge in [-0.2, -0.15) is 0 Å². The van der Waals surface area contributed by atoms with Gasteiger partial charge in [-0.3, -0.25) is 0 Å². The van der Waals surface area contributed by atoms with Gasteiger partial charge >= 0.3 is 5.97 Å². The van der Waals surface area contributed by atoms with Crippen LogP contribution in [-0.2, 0) is 18.6 Å². The third-order valence-electron chi connectivity index (χ3n) is 2.97. The van der Waals surface area contributed by atoms with E-state index in [-0.39, 0.29) is 12.0 Å². The standard InChI is InChI=1S/C14H25O5P/c1-5-7-8-9-12(13(15)17-6-2)20(16)18-10-14(3,4)11-19-20/h7-8,12H,5-6,9-11H2,1-4H3/b8-7+. The molecule has 1 unspecified atom stereocenters. The van der Waals surface area contributed by atoms with Crippen LogP contribution >= 0.6 is 7.94 Å². The lowest BCUT2D eigenvalue weighted by Crippen LogP contribution is -2.42. The molecule has 0 radical (unpaired) electrons. The van der Waals surface area contributed by atoms with Gasteiger partial charge in [0.15, 0.2) is 0 Å². The Morgan fingerprint density at radius 3 is 2.45 bits per heavy atom. The molecule has 0 aliphatic carbocycles. The average molecular weight is 304 g/mol. The predicted octanol–water partition coefficient (Wildman–Crippen LogP) is 2.47. The molecule has 1 aliphatic rings. The fraction of sp³-hybridized carbons (Fsp3) is 0.786. The molecule has 0 spiro atoms. The molecule has 20 heavy (non-hydrogen) atoms. The summed E-state index contributed by atoms with van der Waals surface area (Å²) in [5.41, 5.74) is -1.06. The Hall–Kier alpha value is -0.480. The first kappa shape index (κ1) is 17.6. The maximum atomic E-state index is 12.8. The van der Waals surface area contributed by atoms with Crippen molar-refractivity contribution in [1.82, 2.24) is 0 Å². The highest BCUT2D eigenvalue weighted by molar-refractivity contribution is 7.61. The summed E-state index contributed by atoms with van der Waals surface area (Å²) in [6.45, 7) is 8.53. The Bertz CT molecular complexity index is 343. The Balaban J connectivity index is 2.80. The molecule has 0 aromatic heterocycles. The normalized spacial score (nSPS) is 22.6. The number of hydrogen-bond acceptors (Lipinski definition) is 5. The lowest BCUT2D eigenvalue weighted by atomic mass is 9.97. The summed E-state index contributed by atoms with van der Waals surface area (Å²) in [5, 5.41) is 0. The third kappa shape index (κ3) is 4.81. The maximum Gasteiger partial charge on any atom is 0.352 e. The Labute approximate surface area is 121 Å². The molecule has 1 atom stereocenters. The first-order valence-electron chi connectivity index (χ1n) is 7.05. The van der Waals surface area contributed by atoms with E-state index in [1.807, 2.05) is 32.9 Å². The van der Waals surface area contributed by atoms with Gasteiger partial charge in [-0.1, -0.05) is 32.9 Å². The molecule has 1 saturated heterocycles. The largest absolute Gasteiger partial charge is 0.631 e. The second-order valence-corrected chi connectivity index (χ2v) is 7.85. The summed E-state index contributed by atoms with van der Waals surface area (Å²) in [5.74, 6) is -0.517. The number of carbonyl (C=O) groups is 1. The van der Waals surface area contributed by atoms with Crippen LogP contribution in [0.25, 0.3) is 0 Å². The van der Waals surface area contributed by atoms with E-state index in [2.05, 4.69) is 0 Å². The van der Waals surface area contributed by atoms with E-state index in [0.29, 0.717) is 19.6 Å². The van der Waals surface area contributed by atoms with E-state index in [9.17, 15) is 9.69 Å². The van der Waals surface area contributed by atoms with Crippen LogP contribution in [0.1, 0.15) is 40.5 Å². The summed E-state index contributed by atoms with van der Waals surface area (Å²) in [7, 11) is -3.46. The van der Waals surface area contributed by atoms with Gasteiger partial charge < -0.3 is 9.63 Å². The molecule has 0 aromatic rings. The van der Waals surface area contributed by atoms with E-state index in [0.717, 1.165) is 6.42 Å². The van der Waals surface area contributed by atoms with Crippen molar-refractivity contribution in [3.8, 4) is 0 Å². The number of carbonyl (C=O) groups excluding carboxylic acids is 1. The minimum atomic E-state index is -3.46. The molecule has 116 valence electrons. The van der Waals surface area contributed by atoms with E-state index in [1.165, 1.54) is 0 Å². The van der Waals surface area contributed by atoms with Crippen LogP contribution in [0.5, 0.6) is 0 Å². The van der Waals surface area contributed by atoms with Crippen LogP contribution in [-0.4, -0.2) is 31.4 Å². The zero-order valence-corrected chi connectivity index (χ0v) is 13.7. The first-order chi connectivity index (χ1) is 9.34. The van der Waals surface area contributed by atoms with Gasteiger partial charge in [0, 0.05) is 11.8 Å². The molecule has 0 amide bonds. The summed E-state index contributed by atoms with van der Waals surface area (Å²) in [4.78, 5) is 24.8. The molecule has 0 N–H and O–H groups in total. The van der Waals surface area contributed by atoms with Crippen LogP contribution in [0.15, 0.2) is 12.2 Å². The van der Waals surface area contributed by atoms with Gasteiger partial charge in [0.2, 0.25) is 5.66 Å². The molecular formula is C14H25O5P. The second-order valence-electron chi connectivity index (χ2n) is 5.63. The summed E-state index contributed by atoms with van der Waals surface area (Å²) >= 11 is 0. The lowest BCUT2D eigenvalue weighted by molar-refractivity contribution is -0.236. The summed E-state index contributed by atoms with van der Waals surface area (Å²) in [6, 6.07) is 0. The molecular weight excluding hydrogens is 279 g/mol. The predicted molar refractivity (Wildman–Crippen MR) is 77.1 cm³/mol. The zero-order valence-electron chi connectivity index (χ0n) is 12.8. The second kappa shape index (κ2) is 7.51. The summed E-state index contributed by atoms with van der Waals surface area (Å²) < 4.78 is 15.9. The highest BCUT2D eigenvalue weighted by Crippen LogP contribution is 2.62. The highest BCUT2D eigenvalue weighted by Gasteiger charge is 2.51. The minimum absolute atomic E-state index is 0.188. The van der Waals surface area contributed by atoms with E-state index < -0.39 is 19.6 Å². The minimum Gasteiger partial charge on any atom is -0.631 e. The molecule has 1 rings (SSSR count). The number of esters is 1. The van der Waals surface area contributed by atoms with Crippen molar-refractivity contribution in [2.75, 3.05) is 19.8 Å². The third-order valence-corrected chi connectivity index (χ3v) is 5.14. The van der Waals surface area contributed by atoms with Crippen molar-refractivity contribution in [3.05, 3.63) is 12.2 Å². The topological polar surface area (TPSA) is 67.8 Å². The molecule has 1 heterocycles. The zero-order chi connectivity index (χ0) is 15.2. The Morgan fingerprint density at radius 1 is 1.35 bits per heavy atom. The lowest BCUT2D eigenvalue weighted by Gasteiger charge is -2.40. The quantitative estimate of drug-likeness (QED) is 0.428. The van der Waals surface area contributed by atoms with Crippen molar-refractivity contribution >= 4 is 13.9 Å². The maximum absolute atomic E-state index is 12.8. The van der Waals surface area contributed by atoms with Crippen LogP contribution in [0, 0.1) is 5.41 Å². The number of ether oxygens (including phenoxy) is 1. The molecule has 0 aromatic carbocycles. The van der Waals surface area contributed by atoms with Crippen molar-refractivity contribution < 1.29 is 23.5 Å². The van der Waals surface area contributed by atoms with E-state index >= 15 is 0 Å². The van der Waals surface area contributed by atoms with E-state index in [4.69, 9.17) is 13.8 Å². The van der Waals surface area contributed by atoms with Crippen molar-refractivity contribution in [2.45, 2.75) is 46.2 Å². The summed E-state index contributed by atoms with van der Waals surface area (Å²) in [6.07, 6.45) is 4.92. The van der Waals surface area contributed by atoms with Crippen LogP contribution < -0.4 is 4.89 Å². The molecule has 1 aliphatic heterocycles. The average Bonchev–Trinajstić information content (AvgIpc) is 2.39. The molecule has 1 fully saturated rings. The van der Waals surface area contributed by atoms with Crippen molar-refractivity contribution in [1.29, 1.82) is 0 Å². The molecule has 5 nitrogen and oxygen atoms in total. The number of allylic oxidation sites excluding steroid dienone is 2. The van der Waals surface area contributed by atoms with Gasteiger partial charge in [-0.15, -0.1) is 0 Å².